The van der Waals surface area contributed by atoms with Crippen LogP contribution in [0.5, 0.6) is 0 Å². The number of nitrogens with one attached hydrogen (secondary N) is 1. The molecule has 1 saturated heterocycles. The summed E-state index contributed by atoms with van der Waals surface area (Å²) >= 11 is 0. The fraction of sp³-hybridized carbons (Fsp3) is 0.375. The van der Waals surface area contributed by atoms with Gasteiger partial charge in [0, 0.05) is 31.5 Å². The molecule has 1 unspecified atom stereocenters. The minimum Gasteiger partial charge on any atom is -0.339 e. The highest BCUT2D eigenvalue weighted by molar-refractivity contribution is 7.89. The first-order valence-corrected chi connectivity index (χ1v) is 9.46. The van der Waals surface area contributed by atoms with Gasteiger partial charge in [0.15, 0.2) is 0 Å². The van der Waals surface area contributed by atoms with Crippen molar-refractivity contribution >= 4 is 16.0 Å². The lowest BCUT2D eigenvalue weighted by atomic mass is 10.1. The maximum Gasteiger partial charge on any atom is 0.417 e. The summed E-state index contributed by atoms with van der Waals surface area (Å²) in [5.74, 6) is 0.465. The van der Waals surface area contributed by atoms with E-state index in [9.17, 15) is 21.6 Å². The van der Waals surface area contributed by atoms with Gasteiger partial charge in [-0.25, -0.2) is 23.1 Å². The van der Waals surface area contributed by atoms with Gasteiger partial charge in [-0.3, -0.25) is 0 Å². The van der Waals surface area contributed by atoms with Crippen molar-refractivity contribution in [2.45, 2.75) is 30.0 Å². The van der Waals surface area contributed by atoms with Crippen LogP contribution in [0, 0.1) is 0 Å². The van der Waals surface area contributed by atoms with Crippen LogP contribution in [-0.4, -0.2) is 37.5 Å². The van der Waals surface area contributed by atoms with Gasteiger partial charge >= 0.3 is 6.18 Å². The molecule has 2 aromatic rings. The molecule has 6 nitrogen and oxygen atoms in total. The Bertz CT molecular complexity index is 859. The van der Waals surface area contributed by atoms with Gasteiger partial charge in [0.25, 0.3) is 0 Å². The zero-order chi connectivity index (χ0) is 18.8. The second-order valence-electron chi connectivity index (χ2n) is 5.95. The molecular formula is C16H17F3N4O2S. The zero-order valence-corrected chi connectivity index (χ0v) is 14.5. The maximum atomic E-state index is 13.1. The number of benzene rings is 1. The Morgan fingerprint density at radius 3 is 2.50 bits per heavy atom. The molecule has 0 spiro atoms. The molecule has 1 N–H and O–H groups in total. The molecule has 26 heavy (non-hydrogen) atoms. The van der Waals surface area contributed by atoms with E-state index in [1.807, 2.05) is 4.90 Å². The number of anilines is 1. The van der Waals surface area contributed by atoms with E-state index in [1.165, 1.54) is 6.07 Å². The predicted molar refractivity (Wildman–Crippen MR) is 89.0 cm³/mol. The summed E-state index contributed by atoms with van der Waals surface area (Å²) in [5.41, 5.74) is -1.17. The van der Waals surface area contributed by atoms with Crippen molar-refractivity contribution in [2.24, 2.45) is 0 Å². The molecule has 1 aromatic heterocycles. The normalized spacial score (nSPS) is 18.7. The van der Waals surface area contributed by atoms with E-state index in [2.05, 4.69) is 14.7 Å². The van der Waals surface area contributed by atoms with Crippen LogP contribution in [0.3, 0.4) is 0 Å². The number of hydrogen-bond donors (Lipinski definition) is 1. The molecule has 1 aliphatic rings. The van der Waals surface area contributed by atoms with Crippen molar-refractivity contribution in [3.8, 4) is 0 Å². The monoisotopic (exact) mass is 386 g/mol. The Labute approximate surface area is 149 Å². The lowest BCUT2D eigenvalue weighted by Crippen LogP contribution is -2.48. The summed E-state index contributed by atoms with van der Waals surface area (Å²) in [6.07, 6.45) is -0.393. The second-order valence-corrected chi connectivity index (χ2v) is 7.63. The molecule has 10 heteroatoms. The molecule has 2 heterocycles. The van der Waals surface area contributed by atoms with Gasteiger partial charge in [-0.1, -0.05) is 12.1 Å². The SMILES string of the molecule is O=S(=O)(NC1CCCN(c2ncccn2)C1)c1ccccc1C(F)(F)F. The molecule has 0 bridgehead atoms. The molecule has 0 aliphatic carbocycles. The highest BCUT2D eigenvalue weighted by Crippen LogP contribution is 2.34. The molecule has 1 aromatic carbocycles. The van der Waals surface area contributed by atoms with Crippen LogP contribution in [-0.2, 0) is 16.2 Å². The minimum absolute atomic E-state index is 0.289. The fourth-order valence-electron chi connectivity index (χ4n) is 2.93. The van der Waals surface area contributed by atoms with Crippen molar-refractivity contribution in [2.75, 3.05) is 18.0 Å². The average Bonchev–Trinajstić information content (AvgIpc) is 2.62. The van der Waals surface area contributed by atoms with Crippen LogP contribution in [0.4, 0.5) is 19.1 Å². The van der Waals surface area contributed by atoms with E-state index in [1.54, 1.807) is 18.5 Å². The van der Waals surface area contributed by atoms with Gasteiger partial charge < -0.3 is 4.90 Å². The van der Waals surface area contributed by atoms with Crippen molar-refractivity contribution in [1.29, 1.82) is 0 Å². The Kier molecular flexibility index (Phi) is 5.15. The van der Waals surface area contributed by atoms with Crippen molar-refractivity contribution < 1.29 is 21.6 Å². The first-order valence-electron chi connectivity index (χ1n) is 7.98. The van der Waals surface area contributed by atoms with E-state index in [0.29, 0.717) is 25.3 Å². The van der Waals surface area contributed by atoms with Crippen LogP contribution in [0.25, 0.3) is 0 Å². The Hall–Kier alpha value is -2.20. The molecule has 0 amide bonds. The van der Waals surface area contributed by atoms with Crippen LogP contribution < -0.4 is 9.62 Å². The van der Waals surface area contributed by atoms with Crippen molar-refractivity contribution in [3.05, 3.63) is 48.3 Å². The highest BCUT2D eigenvalue weighted by Gasteiger charge is 2.37. The standard InChI is InChI=1S/C16H17F3N4O2S/c17-16(18,19)13-6-1-2-7-14(13)26(24,25)22-12-5-3-10-23(11-12)15-20-8-4-9-21-15/h1-2,4,6-9,12,22H,3,5,10-11H2. The van der Waals surface area contributed by atoms with Gasteiger partial charge in [-0.05, 0) is 31.0 Å². The Morgan fingerprint density at radius 2 is 1.81 bits per heavy atom. The topological polar surface area (TPSA) is 75.2 Å². The highest BCUT2D eigenvalue weighted by atomic mass is 32.2. The van der Waals surface area contributed by atoms with Crippen LogP contribution in [0.2, 0.25) is 0 Å². The first kappa shape index (κ1) is 18.6. The summed E-state index contributed by atoms with van der Waals surface area (Å²) in [7, 11) is -4.32. The quantitative estimate of drug-likeness (QED) is 0.874. The summed E-state index contributed by atoms with van der Waals surface area (Å²) in [6, 6.07) is 5.30. The van der Waals surface area contributed by atoms with Gasteiger partial charge in [-0.2, -0.15) is 13.2 Å². The largest absolute Gasteiger partial charge is 0.417 e. The number of aromatic nitrogens is 2. The van der Waals surface area contributed by atoms with Crippen molar-refractivity contribution in [1.82, 2.24) is 14.7 Å². The molecule has 0 saturated carbocycles. The molecule has 1 aliphatic heterocycles. The fourth-order valence-corrected chi connectivity index (χ4v) is 4.42. The van der Waals surface area contributed by atoms with E-state index in [4.69, 9.17) is 0 Å². The Morgan fingerprint density at radius 1 is 1.12 bits per heavy atom. The van der Waals surface area contributed by atoms with E-state index in [0.717, 1.165) is 18.2 Å². The predicted octanol–water partition coefficient (Wildman–Crippen LogP) is 2.44. The molecule has 1 atom stereocenters. The number of nitrogens with zero attached hydrogens (tertiary/aromatic N) is 3. The second kappa shape index (κ2) is 7.20. The summed E-state index contributed by atoms with van der Waals surface area (Å²) < 4.78 is 66.9. The van der Waals surface area contributed by atoms with Crippen LogP contribution in [0.15, 0.2) is 47.6 Å². The molecule has 1 fully saturated rings. The number of piperidine rings is 1. The van der Waals surface area contributed by atoms with E-state index >= 15 is 0 Å². The van der Waals surface area contributed by atoms with Gasteiger partial charge in [0.05, 0.1) is 10.5 Å². The van der Waals surface area contributed by atoms with Crippen LogP contribution in [0.1, 0.15) is 18.4 Å². The number of rotatable bonds is 4. The summed E-state index contributed by atoms with van der Waals surface area (Å²) in [6.45, 7) is 0.943. The minimum atomic E-state index is -4.75. The van der Waals surface area contributed by atoms with Gasteiger partial charge in [0.2, 0.25) is 16.0 Å². The third kappa shape index (κ3) is 4.13. The third-order valence-electron chi connectivity index (χ3n) is 4.06. The molecule has 3 rings (SSSR count). The first-order chi connectivity index (χ1) is 12.3. The number of alkyl halides is 3. The number of hydrogen-bond acceptors (Lipinski definition) is 5. The van der Waals surface area contributed by atoms with Crippen LogP contribution >= 0.6 is 0 Å². The van der Waals surface area contributed by atoms with Gasteiger partial charge in [-0.15, -0.1) is 0 Å². The summed E-state index contributed by atoms with van der Waals surface area (Å²) in [4.78, 5) is 9.30. The smallest absolute Gasteiger partial charge is 0.339 e. The summed E-state index contributed by atoms with van der Waals surface area (Å²) in [5, 5.41) is 0. The third-order valence-corrected chi connectivity index (χ3v) is 5.64. The van der Waals surface area contributed by atoms with E-state index in [-0.39, 0.29) is 6.54 Å². The van der Waals surface area contributed by atoms with E-state index < -0.39 is 32.7 Å². The van der Waals surface area contributed by atoms with Crippen molar-refractivity contribution in [3.63, 3.8) is 0 Å². The Balaban J connectivity index is 1.80. The zero-order valence-electron chi connectivity index (χ0n) is 13.6. The van der Waals surface area contributed by atoms with Gasteiger partial charge in [0.1, 0.15) is 0 Å². The molecule has 0 radical (unpaired) electrons. The lowest BCUT2D eigenvalue weighted by Gasteiger charge is -2.33. The number of halogens is 3. The maximum absolute atomic E-state index is 13.1. The average molecular weight is 386 g/mol. The molecule has 140 valence electrons. The number of sulfonamides is 1. The molecular weight excluding hydrogens is 369 g/mol. The lowest BCUT2D eigenvalue weighted by molar-refractivity contribution is -0.139.